The van der Waals surface area contributed by atoms with Crippen molar-refractivity contribution < 1.29 is 4.42 Å². The van der Waals surface area contributed by atoms with Crippen LogP contribution in [0.15, 0.2) is 112 Å². The summed E-state index contributed by atoms with van der Waals surface area (Å²) in [5.41, 5.74) is 6.51. The summed E-state index contributed by atoms with van der Waals surface area (Å²) in [7, 11) is 0. The van der Waals surface area contributed by atoms with Gasteiger partial charge in [0.1, 0.15) is 11.2 Å². The van der Waals surface area contributed by atoms with Gasteiger partial charge in [0.15, 0.2) is 5.82 Å². The molecule has 0 aliphatic rings. The molecular weight excluding hydrogens is 460 g/mol. The molecule has 0 N–H and O–H groups in total. The maximum absolute atomic E-state index is 6.11. The van der Waals surface area contributed by atoms with E-state index in [2.05, 4.69) is 52.3 Å². The monoisotopic (exact) mass is 476 g/mol. The Kier molecular flexibility index (Phi) is 4.58. The third-order valence-electron chi connectivity index (χ3n) is 5.57. The summed E-state index contributed by atoms with van der Waals surface area (Å²) in [6.45, 7) is 0. The zero-order valence-electron chi connectivity index (χ0n) is 17.0. The van der Waals surface area contributed by atoms with Crippen LogP contribution in [0.4, 0.5) is 0 Å². The molecule has 0 saturated carbocycles. The number of halogens is 1. The van der Waals surface area contributed by atoms with E-state index in [1.165, 1.54) is 0 Å². The fourth-order valence-electron chi connectivity index (χ4n) is 3.97. The predicted molar refractivity (Wildman–Crippen MR) is 133 cm³/mol. The van der Waals surface area contributed by atoms with E-state index in [1.54, 1.807) is 0 Å². The summed E-state index contributed by atoms with van der Waals surface area (Å²) in [5.74, 6) is 0.700. The van der Waals surface area contributed by atoms with E-state index in [1.807, 2.05) is 66.7 Å². The highest BCUT2D eigenvalue weighted by atomic mass is 79.9. The van der Waals surface area contributed by atoms with Gasteiger partial charge in [-0.05, 0) is 36.4 Å². The fraction of sp³-hybridized carbons (Fsp3) is 0. The Morgan fingerprint density at radius 2 is 1.19 bits per heavy atom. The second-order valence-electron chi connectivity index (χ2n) is 7.64. The molecule has 0 fully saturated rings. The second kappa shape index (κ2) is 7.74. The smallest absolute Gasteiger partial charge is 0.160 e. The number of furan rings is 1. The quantitative estimate of drug-likeness (QED) is 0.258. The Morgan fingerprint density at radius 1 is 0.531 bits per heavy atom. The number of hydrogen-bond acceptors (Lipinski definition) is 3. The molecule has 4 heteroatoms. The highest BCUT2D eigenvalue weighted by molar-refractivity contribution is 9.10. The SMILES string of the molecule is Brc1ccc(-c2cc(-c3ccc4c(c3)oc3ccccc34)nc(-c3ccccc3)n2)cc1. The number of nitrogens with zero attached hydrogens (tertiary/aromatic N) is 2. The Labute approximate surface area is 193 Å². The Morgan fingerprint density at radius 3 is 2.00 bits per heavy atom. The number of benzene rings is 4. The van der Waals surface area contributed by atoms with E-state index < -0.39 is 0 Å². The van der Waals surface area contributed by atoms with Gasteiger partial charge >= 0.3 is 0 Å². The number of para-hydroxylation sites is 1. The van der Waals surface area contributed by atoms with Crippen molar-refractivity contribution in [3.63, 3.8) is 0 Å². The number of rotatable bonds is 3. The van der Waals surface area contributed by atoms with Crippen LogP contribution < -0.4 is 0 Å². The molecule has 0 atom stereocenters. The molecule has 0 bridgehead atoms. The van der Waals surface area contributed by atoms with Crippen molar-refractivity contribution in [2.24, 2.45) is 0 Å². The first-order valence-electron chi connectivity index (χ1n) is 10.4. The van der Waals surface area contributed by atoms with Gasteiger partial charge in [-0.2, -0.15) is 0 Å². The molecule has 6 rings (SSSR count). The fourth-order valence-corrected chi connectivity index (χ4v) is 4.23. The van der Waals surface area contributed by atoms with Crippen LogP contribution >= 0.6 is 15.9 Å². The van der Waals surface area contributed by atoms with Gasteiger partial charge in [0.25, 0.3) is 0 Å². The molecule has 0 spiro atoms. The minimum absolute atomic E-state index is 0.700. The topological polar surface area (TPSA) is 38.9 Å². The zero-order chi connectivity index (χ0) is 21.5. The van der Waals surface area contributed by atoms with Crippen LogP contribution in [0.1, 0.15) is 0 Å². The predicted octanol–water partition coefficient (Wildman–Crippen LogP) is 8.14. The first kappa shape index (κ1) is 19.0. The average Bonchev–Trinajstić information content (AvgIpc) is 3.23. The second-order valence-corrected chi connectivity index (χ2v) is 8.56. The zero-order valence-corrected chi connectivity index (χ0v) is 18.6. The Hall–Kier alpha value is -3.76. The van der Waals surface area contributed by atoms with Gasteiger partial charge in [-0.1, -0.05) is 82.7 Å². The highest BCUT2D eigenvalue weighted by Gasteiger charge is 2.13. The molecule has 2 aromatic heterocycles. The van der Waals surface area contributed by atoms with Crippen molar-refractivity contribution in [3.05, 3.63) is 108 Å². The molecule has 0 radical (unpaired) electrons. The number of hydrogen-bond donors (Lipinski definition) is 0. The normalized spacial score (nSPS) is 11.3. The molecule has 6 aromatic rings. The lowest BCUT2D eigenvalue weighted by atomic mass is 10.0. The van der Waals surface area contributed by atoms with Gasteiger partial charge < -0.3 is 4.42 Å². The van der Waals surface area contributed by atoms with Crippen molar-refractivity contribution in [1.29, 1.82) is 0 Å². The molecule has 32 heavy (non-hydrogen) atoms. The summed E-state index contributed by atoms with van der Waals surface area (Å²) in [5, 5.41) is 2.23. The van der Waals surface area contributed by atoms with Gasteiger partial charge in [-0.15, -0.1) is 0 Å². The lowest BCUT2D eigenvalue weighted by Crippen LogP contribution is -1.95. The van der Waals surface area contributed by atoms with Crippen LogP contribution in [-0.2, 0) is 0 Å². The molecule has 4 aromatic carbocycles. The first-order valence-corrected chi connectivity index (χ1v) is 11.2. The van der Waals surface area contributed by atoms with E-state index >= 15 is 0 Å². The third-order valence-corrected chi connectivity index (χ3v) is 6.10. The third kappa shape index (κ3) is 3.39. The molecular formula is C28H17BrN2O. The lowest BCUT2D eigenvalue weighted by Gasteiger charge is -2.09. The number of aromatic nitrogens is 2. The summed E-state index contributed by atoms with van der Waals surface area (Å²) in [4.78, 5) is 9.79. The summed E-state index contributed by atoms with van der Waals surface area (Å²) >= 11 is 3.51. The Bertz CT molecular complexity index is 1570. The highest BCUT2D eigenvalue weighted by Crippen LogP contribution is 2.33. The van der Waals surface area contributed by atoms with Crippen LogP contribution in [0.2, 0.25) is 0 Å². The lowest BCUT2D eigenvalue weighted by molar-refractivity contribution is 0.669. The Balaban J connectivity index is 1.55. The molecule has 2 heterocycles. The van der Waals surface area contributed by atoms with Gasteiger partial charge in [0.2, 0.25) is 0 Å². The van der Waals surface area contributed by atoms with E-state index in [0.717, 1.165) is 54.5 Å². The summed E-state index contributed by atoms with van der Waals surface area (Å²) < 4.78 is 7.15. The van der Waals surface area contributed by atoms with E-state index in [4.69, 9.17) is 14.4 Å². The maximum atomic E-state index is 6.11. The largest absolute Gasteiger partial charge is 0.456 e. The van der Waals surface area contributed by atoms with Crippen LogP contribution in [-0.4, -0.2) is 9.97 Å². The van der Waals surface area contributed by atoms with E-state index in [0.29, 0.717) is 5.82 Å². The molecule has 0 aliphatic carbocycles. The summed E-state index contributed by atoms with van der Waals surface area (Å²) in [6.07, 6.45) is 0. The van der Waals surface area contributed by atoms with Crippen molar-refractivity contribution in [1.82, 2.24) is 9.97 Å². The minimum atomic E-state index is 0.700. The van der Waals surface area contributed by atoms with Crippen molar-refractivity contribution in [3.8, 4) is 33.9 Å². The van der Waals surface area contributed by atoms with E-state index in [-0.39, 0.29) is 0 Å². The number of fused-ring (bicyclic) bond motifs is 3. The molecule has 0 unspecified atom stereocenters. The molecule has 152 valence electrons. The standard InChI is InChI=1S/C28H17BrN2O/c29-21-13-10-18(11-14-21)24-17-25(31-28(30-24)19-6-2-1-3-7-19)20-12-15-23-22-8-4-5-9-26(22)32-27(23)16-20/h1-17H. The van der Waals surface area contributed by atoms with Crippen LogP contribution in [0.25, 0.3) is 55.8 Å². The molecule has 3 nitrogen and oxygen atoms in total. The average molecular weight is 477 g/mol. The van der Waals surface area contributed by atoms with Gasteiger partial charge in [0, 0.05) is 31.9 Å². The molecule has 0 amide bonds. The molecule has 0 saturated heterocycles. The van der Waals surface area contributed by atoms with Crippen molar-refractivity contribution >= 4 is 37.9 Å². The molecule has 0 aliphatic heterocycles. The first-order chi connectivity index (χ1) is 15.7. The van der Waals surface area contributed by atoms with Gasteiger partial charge in [-0.3, -0.25) is 0 Å². The van der Waals surface area contributed by atoms with Gasteiger partial charge in [-0.25, -0.2) is 9.97 Å². The minimum Gasteiger partial charge on any atom is -0.456 e. The van der Waals surface area contributed by atoms with Crippen LogP contribution in [0.3, 0.4) is 0 Å². The maximum Gasteiger partial charge on any atom is 0.160 e. The van der Waals surface area contributed by atoms with Gasteiger partial charge in [0.05, 0.1) is 11.4 Å². The summed E-state index contributed by atoms with van der Waals surface area (Å²) in [6, 6.07) is 34.7. The van der Waals surface area contributed by atoms with Crippen molar-refractivity contribution in [2.45, 2.75) is 0 Å². The van der Waals surface area contributed by atoms with Crippen LogP contribution in [0, 0.1) is 0 Å². The van der Waals surface area contributed by atoms with E-state index in [9.17, 15) is 0 Å². The van der Waals surface area contributed by atoms with Crippen molar-refractivity contribution in [2.75, 3.05) is 0 Å². The van der Waals surface area contributed by atoms with Crippen LogP contribution in [0.5, 0.6) is 0 Å².